The molecule has 4 rings (SSSR count). The lowest BCUT2D eigenvalue weighted by Crippen LogP contribution is -3.14. The average Bonchev–Trinajstić information content (AvgIpc) is 3.08. The van der Waals surface area contributed by atoms with Crippen LogP contribution in [-0.2, 0) is 4.79 Å². The van der Waals surface area contributed by atoms with Gasteiger partial charge in [-0.05, 0) is 55.7 Å². The quantitative estimate of drug-likeness (QED) is 0.695. The highest BCUT2D eigenvalue weighted by atomic mass is 35.5. The zero-order valence-corrected chi connectivity index (χ0v) is 16.9. The lowest BCUT2D eigenvalue weighted by atomic mass is 10.0. The predicted octanol–water partition coefficient (Wildman–Crippen LogP) is 4.01. The molecule has 27 heavy (non-hydrogen) atoms. The molecule has 0 aliphatic carbocycles. The van der Waals surface area contributed by atoms with Crippen molar-refractivity contribution in [3.63, 3.8) is 0 Å². The average molecular weight is 401 g/mol. The third-order valence-corrected chi connectivity index (χ3v) is 6.58. The molecule has 1 saturated heterocycles. The Morgan fingerprint density at radius 1 is 1.30 bits per heavy atom. The topological polar surface area (TPSA) is 46.4 Å². The smallest absolute Gasteiger partial charge is 0.279 e. The lowest BCUT2D eigenvalue weighted by molar-refractivity contribution is -0.929. The fourth-order valence-corrected chi connectivity index (χ4v) is 5.18. The van der Waals surface area contributed by atoms with Gasteiger partial charge >= 0.3 is 0 Å². The number of carbonyl (C=O) groups excluding carboxylic acids is 1. The van der Waals surface area contributed by atoms with Crippen LogP contribution < -0.4 is 10.2 Å². The summed E-state index contributed by atoms with van der Waals surface area (Å²) in [4.78, 5) is 18.8. The molecular weight excluding hydrogens is 378 g/mol. The molecule has 2 heterocycles. The number of anilines is 1. The van der Waals surface area contributed by atoms with Gasteiger partial charge in [0.25, 0.3) is 5.91 Å². The summed E-state index contributed by atoms with van der Waals surface area (Å²) in [5.41, 5.74) is 2.87. The largest absolute Gasteiger partial charge is 0.321 e. The van der Waals surface area contributed by atoms with Crippen molar-refractivity contribution in [2.24, 2.45) is 0 Å². The number of likely N-dealkylation sites (tertiary alicyclic amines) is 1. The third-order valence-electron chi connectivity index (χ3n) is 5.19. The lowest BCUT2D eigenvalue weighted by Gasteiger charge is -2.30. The van der Waals surface area contributed by atoms with Gasteiger partial charge in [-0.15, -0.1) is 11.3 Å². The molecule has 1 aliphatic rings. The minimum atomic E-state index is 0.0448. The summed E-state index contributed by atoms with van der Waals surface area (Å²) in [6, 6.07) is 14.1. The van der Waals surface area contributed by atoms with Crippen molar-refractivity contribution in [2.45, 2.75) is 32.2 Å². The highest BCUT2D eigenvalue weighted by Crippen LogP contribution is 2.28. The molecular formula is C21H23ClN3OS+. The normalized spacial score (nSPS) is 19.9. The number of halogens is 1. The number of para-hydroxylation sites is 1. The highest BCUT2D eigenvalue weighted by Gasteiger charge is 2.32. The number of amides is 1. The van der Waals surface area contributed by atoms with Crippen molar-refractivity contribution in [2.75, 3.05) is 18.4 Å². The molecule has 3 aromatic rings. The van der Waals surface area contributed by atoms with Crippen LogP contribution in [0.25, 0.3) is 10.2 Å². The highest BCUT2D eigenvalue weighted by molar-refractivity contribution is 7.18. The molecule has 0 saturated carbocycles. The zero-order valence-electron chi connectivity index (χ0n) is 15.3. The fourth-order valence-electron chi connectivity index (χ4n) is 3.80. The second kappa shape index (κ2) is 7.97. The van der Waals surface area contributed by atoms with E-state index in [2.05, 4.69) is 23.5 Å². The molecule has 1 fully saturated rings. The van der Waals surface area contributed by atoms with E-state index >= 15 is 0 Å². The molecule has 1 aromatic heterocycles. The molecule has 0 spiro atoms. The van der Waals surface area contributed by atoms with E-state index in [0.29, 0.717) is 17.6 Å². The van der Waals surface area contributed by atoms with Crippen LogP contribution in [0.2, 0.25) is 5.02 Å². The minimum Gasteiger partial charge on any atom is -0.321 e. The summed E-state index contributed by atoms with van der Waals surface area (Å²) in [7, 11) is 0. The van der Waals surface area contributed by atoms with Crippen LogP contribution >= 0.6 is 22.9 Å². The van der Waals surface area contributed by atoms with Crippen LogP contribution in [0.4, 0.5) is 5.69 Å². The first-order valence-corrected chi connectivity index (χ1v) is 10.6. The van der Waals surface area contributed by atoms with Gasteiger partial charge in [0, 0.05) is 17.1 Å². The number of benzene rings is 2. The van der Waals surface area contributed by atoms with Gasteiger partial charge in [0.1, 0.15) is 6.04 Å². The molecule has 6 heteroatoms. The van der Waals surface area contributed by atoms with E-state index in [1.807, 2.05) is 31.2 Å². The Morgan fingerprint density at radius 3 is 2.96 bits per heavy atom. The third kappa shape index (κ3) is 4.15. The molecule has 0 bridgehead atoms. The van der Waals surface area contributed by atoms with E-state index in [-0.39, 0.29) is 5.91 Å². The van der Waals surface area contributed by atoms with E-state index in [4.69, 9.17) is 16.6 Å². The van der Waals surface area contributed by atoms with Gasteiger partial charge in [-0.2, -0.15) is 0 Å². The summed E-state index contributed by atoms with van der Waals surface area (Å²) in [6.45, 7) is 3.43. The number of nitrogens with zero attached hydrogens (tertiary/aromatic N) is 1. The van der Waals surface area contributed by atoms with Gasteiger partial charge in [-0.3, -0.25) is 4.79 Å². The molecule has 2 N–H and O–H groups in total. The number of nitrogens with one attached hydrogen (secondary N) is 2. The second-order valence-electron chi connectivity index (χ2n) is 7.16. The second-order valence-corrected chi connectivity index (χ2v) is 8.66. The summed E-state index contributed by atoms with van der Waals surface area (Å²) in [5, 5.41) is 4.89. The fraction of sp³-hybridized carbons (Fsp3) is 0.333. The SMILES string of the molecule is Cc1cc(Cl)ccc1NC(=O)C[NH+]1CCCC[C@@H]1c1nc2ccccc2s1. The maximum Gasteiger partial charge on any atom is 0.279 e. The number of rotatable bonds is 4. The van der Waals surface area contributed by atoms with Gasteiger partial charge < -0.3 is 10.2 Å². The van der Waals surface area contributed by atoms with Gasteiger partial charge in [0.15, 0.2) is 11.6 Å². The molecule has 2 aromatic carbocycles. The summed E-state index contributed by atoms with van der Waals surface area (Å²) in [6.07, 6.45) is 3.44. The zero-order chi connectivity index (χ0) is 18.8. The van der Waals surface area contributed by atoms with Crippen LogP contribution in [0.5, 0.6) is 0 Å². The van der Waals surface area contributed by atoms with E-state index in [0.717, 1.165) is 41.2 Å². The van der Waals surface area contributed by atoms with Crippen LogP contribution in [0.15, 0.2) is 42.5 Å². The molecule has 1 aliphatic heterocycles. The van der Waals surface area contributed by atoms with Crippen LogP contribution in [-0.4, -0.2) is 24.0 Å². The predicted molar refractivity (Wildman–Crippen MR) is 112 cm³/mol. The van der Waals surface area contributed by atoms with Crippen LogP contribution in [0.1, 0.15) is 35.9 Å². The van der Waals surface area contributed by atoms with Gasteiger partial charge in [-0.25, -0.2) is 4.98 Å². The number of aromatic nitrogens is 1. The van der Waals surface area contributed by atoms with E-state index in [9.17, 15) is 4.79 Å². The monoisotopic (exact) mass is 400 g/mol. The first-order valence-electron chi connectivity index (χ1n) is 9.36. The van der Waals surface area contributed by atoms with Crippen molar-refractivity contribution >= 4 is 44.7 Å². The van der Waals surface area contributed by atoms with Crippen molar-refractivity contribution in [1.82, 2.24) is 4.98 Å². The number of quaternary nitrogens is 1. The molecule has 2 atom stereocenters. The van der Waals surface area contributed by atoms with Gasteiger partial charge in [0.05, 0.1) is 16.8 Å². The van der Waals surface area contributed by atoms with Crippen molar-refractivity contribution in [3.05, 3.63) is 58.1 Å². The number of piperidine rings is 1. The molecule has 4 nitrogen and oxygen atoms in total. The standard InChI is InChI=1S/C21H22ClN3OS/c1-14-12-15(22)9-10-16(14)23-20(26)13-25-11-5-4-7-18(25)21-24-17-6-2-3-8-19(17)27-21/h2-3,6,8-10,12,18H,4-5,7,11,13H2,1H3,(H,23,26)/p+1/t18-/m1/s1. The molecule has 0 radical (unpaired) electrons. The molecule has 140 valence electrons. The number of fused-ring (bicyclic) bond motifs is 1. The summed E-state index contributed by atoms with van der Waals surface area (Å²) in [5.74, 6) is 0.0448. The number of hydrogen-bond acceptors (Lipinski definition) is 3. The number of aryl methyl sites for hydroxylation is 1. The Balaban J connectivity index is 1.49. The Bertz CT molecular complexity index is 938. The van der Waals surface area contributed by atoms with Crippen molar-refractivity contribution < 1.29 is 9.69 Å². The maximum atomic E-state index is 12.7. The molecule has 1 unspecified atom stereocenters. The van der Waals surface area contributed by atoms with Gasteiger partial charge in [0.2, 0.25) is 0 Å². The van der Waals surface area contributed by atoms with Crippen molar-refractivity contribution in [3.8, 4) is 0 Å². The molecule has 1 amide bonds. The van der Waals surface area contributed by atoms with E-state index in [1.54, 1.807) is 11.3 Å². The Hall–Kier alpha value is -1.95. The summed E-state index contributed by atoms with van der Waals surface area (Å²) < 4.78 is 1.22. The Kier molecular flexibility index (Phi) is 5.43. The first-order chi connectivity index (χ1) is 13.1. The van der Waals surface area contributed by atoms with Gasteiger partial charge in [-0.1, -0.05) is 23.7 Å². The summed E-state index contributed by atoms with van der Waals surface area (Å²) >= 11 is 7.77. The first kappa shape index (κ1) is 18.4. The van der Waals surface area contributed by atoms with E-state index < -0.39 is 0 Å². The number of carbonyl (C=O) groups is 1. The number of hydrogen-bond donors (Lipinski definition) is 2. The number of thiazole rings is 1. The maximum absolute atomic E-state index is 12.7. The van der Waals surface area contributed by atoms with Crippen LogP contribution in [0, 0.1) is 6.92 Å². The Morgan fingerprint density at radius 2 is 2.15 bits per heavy atom. The Labute approximate surface area is 168 Å². The van der Waals surface area contributed by atoms with E-state index in [1.165, 1.54) is 16.0 Å². The van der Waals surface area contributed by atoms with Crippen LogP contribution in [0.3, 0.4) is 0 Å². The van der Waals surface area contributed by atoms with Crippen molar-refractivity contribution in [1.29, 1.82) is 0 Å². The minimum absolute atomic E-state index is 0.0448.